The first-order chi connectivity index (χ1) is 13.7. The van der Waals surface area contributed by atoms with Crippen molar-refractivity contribution >= 4 is 0 Å². The molecule has 0 radical (unpaired) electrons. The largest absolute Gasteiger partial charge is 0.508 e. The van der Waals surface area contributed by atoms with Gasteiger partial charge in [0.25, 0.3) is 0 Å². The van der Waals surface area contributed by atoms with Crippen molar-refractivity contribution in [3.8, 4) is 50.9 Å². The van der Waals surface area contributed by atoms with Gasteiger partial charge in [-0.1, -0.05) is 24.3 Å². The van der Waals surface area contributed by atoms with E-state index in [9.17, 15) is 10.2 Å². The van der Waals surface area contributed by atoms with Gasteiger partial charge in [-0.05, 0) is 65.7 Å². The smallest absolute Gasteiger partial charge is 0.129 e. The molecule has 28 heavy (non-hydrogen) atoms. The second-order valence-corrected chi connectivity index (χ2v) is 6.76. The Morgan fingerprint density at radius 2 is 1.36 bits per heavy atom. The summed E-state index contributed by atoms with van der Waals surface area (Å²) in [6.07, 6.45) is 0. The lowest BCUT2D eigenvalue weighted by Crippen LogP contribution is -2.09. The summed E-state index contributed by atoms with van der Waals surface area (Å²) in [4.78, 5) is 4.95. The normalized spacial score (nSPS) is 12.0. The predicted octanol–water partition coefficient (Wildman–Crippen LogP) is 5.39. The van der Waals surface area contributed by atoms with Crippen LogP contribution >= 0.6 is 0 Å². The maximum Gasteiger partial charge on any atom is 0.129 e. The highest BCUT2D eigenvalue weighted by Gasteiger charge is 2.23. The van der Waals surface area contributed by atoms with Crippen molar-refractivity contribution in [2.24, 2.45) is 0 Å². The van der Waals surface area contributed by atoms with Crippen LogP contribution in [0.2, 0.25) is 0 Å². The molecule has 0 saturated heterocycles. The van der Waals surface area contributed by atoms with E-state index in [0.29, 0.717) is 6.61 Å². The zero-order chi connectivity index (χ0) is 19.1. The molecular formula is C24H17NO3. The van der Waals surface area contributed by atoms with E-state index in [0.717, 1.165) is 45.0 Å². The summed E-state index contributed by atoms with van der Waals surface area (Å²) >= 11 is 0. The van der Waals surface area contributed by atoms with Gasteiger partial charge in [0.15, 0.2) is 0 Å². The van der Waals surface area contributed by atoms with Crippen LogP contribution in [-0.2, 0) is 6.61 Å². The van der Waals surface area contributed by atoms with Crippen LogP contribution in [0.3, 0.4) is 0 Å². The maximum atomic E-state index is 9.67. The summed E-state index contributed by atoms with van der Waals surface area (Å²) < 4.78 is 5.97. The van der Waals surface area contributed by atoms with E-state index in [1.165, 1.54) is 0 Å². The zero-order valence-electron chi connectivity index (χ0n) is 15.0. The Morgan fingerprint density at radius 3 is 2.07 bits per heavy atom. The average Bonchev–Trinajstić information content (AvgIpc) is 2.74. The van der Waals surface area contributed by atoms with Crippen molar-refractivity contribution < 1.29 is 14.9 Å². The standard InChI is InChI=1S/C24H17NO3/c26-17-9-5-15(6-10-17)20-13-22(16-7-11-18(27)12-8-16)25-24-19-3-1-2-4-23(19)28-14-21(20)24/h1-13,26-27H,14H2. The second-order valence-electron chi connectivity index (χ2n) is 6.76. The highest BCUT2D eigenvalue weighted by atomic mass is 16.5. The number of benzene rings is 3. The van der Waals surface area contributed by atoms with Gasteiger partial charge in [0.05, 0.1) is 11.4 Å². The first-order valence-electron chi connectivity index (χ1n) is 9.04. The van der Waals surface area contributed by atoms with E-state index in [4.69, 9.17) is 9.72 Å². The Labute approximate surface area is 162 Å². The molecule has 0 fully saturated rings. The number of phenols is 2. The molecule has 1 aromatic heterocycles. The molecule has 0 spiro atoms. The minimum Gasteiger partial charge on any atom is -0.508 e. The molecule has 1 aliphatic rings. The van der Waals surface area contributed by atoms with Gasteiger partial charge in [-0.15, -0.1) is 0 Å². The van der Waals surface area contributed by atoms with Crippen molar-refractivity contribution in [2.45, 2.75) is 6.61 Å². The third kappa shape index (κ3) is 2.76. The first kappa shape index (κ1) is 16.4. The van der Waals surface area contributed by atoms with Crippen LogP contribution in [0, 0.1) is 0 Å². The Morgan fingerprint density at radius 1 is 0.714 bits per heavy atom. The number of fused-ring (bicyclic) bond motifs is 3. The van der Waals surface area contributed by atoms with Crippen molar-refractivity contribution in [3.05, 3.63) is 84.4 Å². The van der Waals surface area contributed by atoms with Crippen LogP contribution in [0.15, 0.2) is 78.9 Å². The Kier molecular flexibility index (Phi) is 3.76. The van der Waals surface area contributed by atoms with Gasteiger partial charge in [-0.2, -0.15) is 0 Å². The molecule has 0 amide bonds. The van der Waals surface area contributed by atoms with E-state index >= 15 is 0 Å². The third-order valence-corrected chi connectivity index (χ3v) is 4.98. The Hall–Kier alpha value is -3.79. The van der Waals surface area contributed by atoms with E-state index < -0.39 is 0 Å². The van der Waals surface area contributed by atoms with Crippen LogP contribution in [-0.4, -0.2) is 15.2 Å². The van der Waals surface area contributed by atoms with Crippen LogP contribution in [0.1, 0.15) is 5.56 Å². The molecule has 0 atom stereocenters. The average molecular weight is 367 g/mol. The summed E-state index contributed by atoms with van der Waals surface area (Å²) in [6.45, 7) is 0.436. The Balaban J connectivity index is 1.78. The fourth-order valence-corrected chi connectivity index (χ4v) is 3.56. The lowest BCUT2D eigenvalue weighted by molar-refractivity contribution is 0.302. The highest BCUT2D eigenvalue weighted by molar-refractivity contribution is 5.83. The van der Waals surface area contributed by atoms with Crippen LogP contribution in [0.25, 0.3) is 33.6 Å². The predicted molar refractivity (Wildman–Crippen MR) is 108 cm³/mol. The summed E-state index contributed by atoms with van der Waals surface area (Å²) in [5.74, 6) is 1.27. The van der Waals surface area contributed by atoms with Crippen molar-refractivity contribution in [3.63, 3.8) is 0 Å². The molecule has 3 aromatic carbocycles. The second kappa shape index (κ2) is 6.43. The third-order valence-electron chi connectivity index (χ3n) is 4.98. The lowest BCUT2D eigenvalue weighted by atomic mass is 9.92. The summed E-state index contributed by atoms with van der Waals surface area (Å²) in [7, 11) is 0. The molecule has 4 heteroatoms. The minimum absolute atomic E-state index is 0.221. The number of aromatic nitrogens is 1. The Bertz CT molecular complexity index is 1170. The molecule has 5 rings (SSSR count). The molecule has 4 nitrogen and oxygen atoms in total. The molecule has 4 aromatic rings. The topological polar surface area (TPSA) is 62.6 Å². The summed E-state index contributed by atoms with van der Waals surface area (Å²) in [5, 5.41) is 19.3. The van der Waals surface area contributed by atoms with Crippen molar-refractivity contribution in [1.29, 1.82) is 0 Å². The SMILES string of the molecule is Oc1ccc(-c2cc(-c3ccc(O)cc3)c3c(n2)-c2ccccc2OC3)cc1. The van der Waals surface area contributed by atoms with Gasteiger partial charge >= 0.3 is 0 Å². The summed E-state index contributed by atoms with van der Waals surface area (Å²) in [5.41, 5.74) is 6.62. The van der Waals surface area contributed by atoms with E-state index in [-0.39, 0.29) is 11.5 Å². The summed E-state index contributed by atoms with van der Waals surface area (Å²) in [6, 6.07) is 24.1. The van der Waals surface area contributed by atoms with Gasteiger partial charge in [0.2, 0.25) is 0 Å². The number of rotatable bonds is 2. The molecule has 1 aliphatic heterocycles. The van der Waals surface area contributed by atoms with Crippen LogP contribution < -0.4 is 4.74 Å². The fourth-order valence-electron chi connectivity index (χ4n) is 3.56. The van der Waals surface area contributed by atoms with E-state index in [2.05, 4.69) is 0 Å². The van der Waals surface area contributed by atoms with Crippen molar-refractivity contribution in [2.75, 3.05) is 0 Å². The van der Waals surface area contributed by atoms with Gasteiger partial charge in [-0.25, -0.2) is 4.98 Å². The number of hydrogen-bond acceptors (Lipinski definition) is 4. The van der Waals surface area contributed by atoms with Gasteiger partial charge < -0.3 is 14.9 Å². The monoisotopic (exact) mass is 367 g/mol. The molecule has 0 saturated carbocycles. The zero-order valence-corrected chi connectivity index (χ0v) is 15.0. The molecular weight excluding hydrogens is 350 g/mol. The number of pyridine rings is 1. The maximum absolute atomic E-state index is 9.67. The molecule has 2 N–H and O–H groups in total. The quantitative estimate of drug-likeness (QED) is 0.499. The van der Waals surface area contributed by atoms with Gasteiger partial charge in [0, 0.05) is 16.7 Å². The van der Waals surface area contributed by atoms with Gasteiger partial charge in [0.1, 0.15) is 23.9 Å². The number of para-hydroxylation sites is 1. The van der Waals surface area contributed by atoms with Gasteiger partial charge in [-0.3, -0.25) is 0 Å². The molecule has 0 aliphatic carbocycles. The minimum atomic E-state index is 0.221. The number of phenolic OH excluding ortho intramolecular Hbond substituents is 2. The van der Waals surface area contributed by atoms with Crippen molar-refractivity contribution in [1.82, 2.24) is 4.98 Å². The fraction of sp³-hybridized carbons (Fsp3) is 0.0417. The number of hydrogen-bond donors (Lipinski definition) is 2. The number of nitrogens with zero attached hydrogens (tertiary/aromatic N) is 1. The number of aromatic hydroxyl groups is 2. The van der Waals surface area contributed by atoms with Crippen LogP contribution in [0.5, 0.6) is 17.2 Å². The first-order valence-corrected chi connectivity index (χ1v) is 9.04. The highest BCUT2D eigenvalue weighted by Crippen LogP contribution is 2.42. The lowest BCUT2D eigenvalue weighted by Gasteiger charge is -2.23. The molecule has 2 heterocycles. The van der Waals surface area contributed by atoms with E-state index in [1.807, 2.05) is 54.6 Å². The van der Waals surface area contributed by atoms with Crippen LogP contribution in [0.4, 0.5) is 0 Å². The molecule has 0 unspecified atom stereocenters. The van der Waals surface area contributed by atoms with E-state index in [1.54, 1.807) is 24.3 Å². The number of ether oxygens (including phenoxy) is 1. The molecule has 136 valence electrons. The molecule has 0 bridgehead atoms.